The van der Waals surface area contributed by atoms with Crippen LogP contribution in [0.2, 0.25) is 0 Å². The van der Waals surface area contributed by atoms with Crippen LogP contribution in [0.5, 0.6) is 0 Å². The second-order valence-corrected chi connectivity index (χ2v) is 5.58. The Bertz CT molecular complexity index is 295. The van der Waals surface area contributed by atoms with Crippen molar-refractivity contribution in [3.05, 3.63) is 0 Å². The van der Waals surface area contributed by atoms with Gasteiger partial charge < -0.3 is 20.3 Å². The van der Waals surface area contributed by atoms with Gasteiger partial charge in [0.05, 0.1) is 18.6 Å². The zero-order valence-electron chi connectivity index (χ0n) is 11.6. The van der Waals surface area contributed by atoms with E-state index in [4.69, 9.17) is 9.84 Å². The molecular formula is C12H23NO5. The molecule has 106 valence electrons. The summed E-state index contributed by atoms with van der Waals surface area (Å²) in [6.07, 6.45) is -2.22. The number of alkyl carbamates (subject to hydrolysis) is 1. The van der Waals surface area contributed by atoms with E-state index < -0.39 is 36.2 Å². The first-order valence-electron chi connectivity index (χ1n) is 5.92. The highest BCUT2D eigenvalue weighted by Gasteiger charge is 2.28. The van der Waals surface area contributed by atoms with Gasteiger partial charge in [-0.1, -0.05) is 13.8 Å². The highest BCUT2D eigenvalue weighted by Crippen LogP contribution is 2.12. The number of carbonyl (C=O) groups excluding carboxylic acids is 1. The molecule has 3 N–H and O–H groups in total. The first-order valence-corrected chi connectivity index (χ1v) is 5.92. The van der Waals surface area contributed by atoms with Gasteiger partial charge in [0.25, 0.3) is 0 Å². The van der Waals surface area contributed by atoms with E-state index in [1.807, 2.05) is 0 Å². The quantitative estimate of drug-likeness (QED) is 0.694. The predicted molar refractivity (Wildman–Crippen MR) is 66.3 cm³/mol. The van der Waals surface area contributed by atoms with Crippen molar-refractivity contribution >= 4 is 12.1 Å². The molecule has 0 aliphatic carbocycles. The summed E-state index contributed by atoms with van der Waals surface area (Å²) < 4.78 is 5.06. The van der Waals surface area contributed by atoms with Gasteiger partial charge in [0, 0.05) is 0 Å². The fraction of sp³-hybridized carbons (Fsp3) is 0.833. The maximum atomic E-state index is 11.6. The second kappa shape index (κ2) is 6.58. The lowest BCUT2D eigenvalue weighted by Gasteiger charge is -2.28. The Balaban J connectivity index is 4.54. The minimum Gasteiger partial charge on any atom is -0.481 e. The first kappa shape index (κ1) is 16.7. The number of hydrogen-bond donors (Lipinski definition) is 3. The van der Waals surface area contributed by atoms with Crippen molar-refractivity contribution in [3.63, 3.8) is 0 Å². The van der Waals surface area contributed by atoms with Crippen LogP contribution in [-0.4, -0.2) is 40.0 Å². The van der Waals surface area contributed by atoms with Gasteiger partial charge in [0.1, 0.15) is 5.60 Å². The Morgan fingerprint density at radius 1 is 1.28 bits per heavy atom. The molecule has 0 spiro atoms. The number of aliphatic hydroxyl groups excluding tert-OH is 1. The van der Waals surface area contributed by atoms with Crippen molar-refractivity contribution in [3.8, 4) is 0 Å². The average molecular weight is 261 g/mol. The second-order valence-electron chi connectivity index (χ2n) is 5.58. The van der Waals surface area contributed by atoms with Gasteiger partial charge in [-0.2, -0.15) is 0 Å². The fourth-order valence-corrected chi connectivity index (χ4v) is 1.46. The molecule has 0 saturated heterocycles. The highest BCUT2D eigenvalue weighted by atomic mass is 16.6. The molecule has 0 aromatic rings. The summed E-state index contributed by atoms with van der Waals surface area (Å²) in [5.41, 5.74) is -0.636. The van der Waals surface area contributed by atoms with E-state index in [1.54, 1.807) is 34.6 Å². The molecule has 0 saturated carbocycles. The molecule has 18 heavy (non-hydrogen) atoms. The molecule has 2 atom stereocenters. The number of aliphatic carboxylic acids is 1. The third-order valence-corrected chi connectivity index (χ3v) is 2.20. The summed E-state index contributed by atoms with van der Waals surface area (Å²) in [6, 6.07) is -0.657. The van der Waals surface area contributed by atoms with Crippen LogP contribution in [0, 0.1) is 5.92 Å². The minimum atomic E-state index is -1.14. The molecule has 0 rings (SSSR count). The predicted octanol–water partition coefficient (Wildman–Crippen LogP) is 1.37. The molecule has 0 aromatic heterocycles. The third kappa shape index (κ3) is 7.11. The van der Waals surface area contributed by atoms with Gasteiger partial charge in [-0.3, -0.25) is 4.79 Å². The molecule has 0 heterocycles. The number of rotatable bonds is 5. The zero-order chi connectivity index (χ0) is 14.5. The topological polar surface area (TPSA) is 95.9 Å². The van der Waals surface area contributed by atoms with Crippen LogP contribution in [0.15, 0.2) is 0 Å². The average Bonchev–Trinajstić information content (AvgIpc) is 2.09. The van der Waals surface area contributed by atoms with Crippen molar-refractivity contribution in [2.45, 2.75) is 58.8 Å². The van der Waals surface area contributed by atoms with Gasteiger partial charge in [-0.25, -0.2) is 4.79 Å². The van der Waals surface area contributed by atoms with Crippen LogP contribution in [0.1, 0.15) is 41.0 Å². The zero-order valence-corrected chi connectivity index (χ0v) is 11.6. The highest BCUT2D eigenvalue weighted by molar-refractivity contribution is 5.69. The molecule has 0 fully saturated rings. The van der Waals surface area contributed by atoms with Crippen molar-refractivity contribution in [1.82, 2.24) is 5.32 Å². The van der Waals surface area contributed by atoms with Crippen molar-refractivity contribution in [1.29, 1.82) is 0 Å². The van der Waals surface area contributed by atoms with Gasteiger partial charge in [0.15, 0.2) is 0 Å². The van der Waals surface area contributed by atoms with E-state index in [0.29, 0.717) is 0 Å². The Hall–Kier alpha value is -1.30. The normalized spacial score (nSPS) is 15.1. The van der Waals surface area contributed by atoms with Crippen LogP contribution in [-0.2, 0) is 9.53 Å². The van der Waals surface area contributed by atoms with E-state index in [2.05, 4.69) is 5.32 Å². The molecule has 0 aliphatic heterocycles. The number of hydrogen-bond acceptors (Lipinski definition) is 4. The van der Waals surface area contributed by atoms with Crippen LogP contribution >= 0.6 is 0 Å². The molecule has 0 aromatic carbocycles. The van der Waals surface area contributed by atoms with Crippen molar-refractivity contribution < 1.29 is 24.5 Å². The number of amides is 1. The number of ether oxygens (including phenoxy) is 1. The summed E-state index contributed by atoms with van der Waals surface area (Å²) in [6.45, 7) is 8.75. The largest absolute Gasteiger partial charge is 0.481 e. The smallest absolute Gasteiger partial charge is 0.407 e. The van der Waals surface area contributed by atoms with E-state index in [-0.39, 0.29) is 5.92 Å². The van der Waals surface area contributed by atoms with E-state index >= 15 is 0 Å². The molecule has 6 nitrogen and oxygen atoms in total. The van der Waals surface area contributed by atoms with E-state index in [9.17, 15) is 14.7 Å². The van der Waals surface area contributed by atoms with Gasteiger partial charge in [-0.15, -0.1) is 0 Å². The monoisotopic (exact) mass is 261 g/mol. The number of aliphatic hydroxyl groups is 1. The Morgan fingerprint density at radius 3 is 2.11 bits per heavy atom. The molecule has 0 radical (unpaired) electrons. The Labute approximate surface area is 107 Å². The van der Waals surface area contributed by atoms with Crippen molar-refractivity contribution in [2.75, 3.05) is 0 Å². The molecule has 0 bridgehead atoms. The lowest BCUT2D eigenvalue weighted by atomic mass is 9.96. The SMILES string of the molecule is CC(C)C(NC(=O)OC(C)(C)C)C(O)CC(=O)O. The number of carboxylic acid groups (broad SMARTS) is 1. The molecular weight excluding hydrogens is 238 g/mol. The van der Waals surface area contributed by atoms with Crippen molar-refractivity contribution in [2.24, 2.45) is 5.92 Å². The summed E-state index contributed by atoms with van der Waals surface area (Å²) >= 11 is 0. The fourth-order valence-electron chi connectivity index (χ4n) is 1.46. The lowest BCUT2D eigenvalue weighted by molar-refractivity contribution is -0.139. The summed E-state index contributed by atoms with van der Waals surface area (Å²) in [5.74, 6) is -1.22. The number of nitrogens with one attached hydrogen (secondary N) is 1. The molecule has 1 amide bonds. The van der Waals surface area contributed by atoms with Crippen LogP contribution in [0.3, 0.4) is 0 Å². The maximum absolute atomic E-state index is 11.6. The summed E-state index contributed by atoms with van der Waals surface area (Å²) in [5, 5.41) is 20.9. The van der Waals surface area contributed by atoms with Crippen LogP contribution in [0.4, 0.5) is 4.79 Å². The first-order chi connectivity index (χ1) is 8.03. The Morgan fingerprint density at radius 2 is 1.78 bits per heavy atom. The minimum absolute atomic E-state index is 0.105. The molecule has 6 heteroatoms. The number of carbonyl (C=O) groups is 2. The van der Waals surface area contributed by atoms with Crippen LogP contribution < -0.4 is 5.32 Å². The van der Waals surface area contributed by atoms with Gasteiger partial charge >= 0.3 is 12.1 Å². The summed E-state index contributed by atoms with van der Waals surface area (Å²) in [4.78, 5) is 22.1. The molecule has 0 aliphatic rings. The summed E-state index contributed by atoms with van der Waals surface area (Å²) in [7, 11) is 0. The molecule has 2 unspecified atom stereocenters. The van der Waals surface area contributed by atoms with Gasteiger partial charge in [-0.05, 0) is 26.7 Å². The third-order valence-electron chi connectivity index (χ3n) is 2.20. The maximum Gasteiger partial charge on any atom is 0.407 e. The van der Waals surface area contributed by atoms with Crippen LogP contribution in [0.25, 0.3) is 0 Å². The standard InChI is InChI=1S/C12H23NO5/c1-7(2)10(8(14)6-9(15)16)13-11(17)18-12(3,4)5/h7-8,10,14H,6H2,1-5H3,(H,13,17)(H,15,16). The number of carboxylic acids is 1. The van der Waals surface area contributed by atoms with Gasteiger partial charge in [0.2, 0.25) is 0 Å². The van der Waals surface area contributed by atoms with E-state index in [0.717, 1.165) is 0 Å². The lowest BCUT2D eigenvalue weighted by Crippen LogP contribution is -2.49. The Kier molecular flexibility index (Phi) is 6.11. The van der Waals surface area contributed by atoms with E-state index in [1.165, 1.54) is 0 Å².